The van der Waals surface area contributed by atoms with Crippen LogP contribution in [0.15, 0.2) is 0 Å². The normalized spacial score (nSPS) is 23.8. The lowest BCUT2D eigenvalue weighted by molar-refractivity contribution is 0.0978. The van der Waals surface area contributed by atoms with Crippen molar-refractivity contribution >= 4 is 0 Å². The Bertz CT molecular complexity index is 239. The van der Waals surface area contributed by atoms with Gasteiger partial charge < -0.3 is 5.32 Å². The third-order valence-corrected chi connectivity index (χ3v) is 5.01. The van der Waals surface area contributed by atoms with E-state index in [0.29, 0.717) is 5.41 Å². The maximum Gasteiger partial charge on any atom is 0.00966 e. The molecular weight excluding hydrogens is 220 g/mol. The second kappa shape index (κ2) is 6.38. The van der Waals surface area contributed by atoms with E-state index in [9.17, 15) is 0 Å². The topological polar surface area (TPSA) is 15.3 Å². The molecule has 0 aromatic heterocycles. The molecule has 1 saturated heterocycles. The lowest BCUT2D eigenvalue weighted by Crippen LogP contribution is -2.45. The van der Waals surface area contributed by atoms with E-state index in [1.54, 1.807) is 0 Å². The van der Waals surface area contributed by atoms with E-state index in [2.05, 4.69) is 31.0 Å². The van der Waals surface area contributed by atoms with Crippen LogP contribution in [0.25, 0.3) is 0 Å². The summed E-state index contributed by atoms with van der Waals surface area (Å²) >= 11 is 0. The predicted molar refractivity (Wildman–Crippen MR) is 78.9 cm³/mol. The predicted octanol–water partition coefficient (Wildman–Crippen LogP) is 3.28. The molecule has 0 aromatic rings. The van der Waals surface area contributed by atoms with Crippen LogP contribution < -0.4 is 5.32 Å². The van der Waals surface area contributed by atoms with Gasteiger partial charge in [0, 0.05) is 12.6 Å². The summed E-state index contributed by atoms with van der Waals surface area (Å²) in [5, 5.41) is 3.52. The van der Waals surface area contributed by atoms with Gasteiger partial charge in [-0.1, -0.05) is 20.8 Å². The number of piperidine rings is 1. The highest BCUT2D eigenvalue weighted by molar-refractivity contribution is 4.92. The van der Waals surface area contributed by atoms with Crippen molar-refractivity contribution in [1.82, 2.24) is 10.2 Å². The maximum absolute atomic E-state index is 3.52. The number of nitrogens with zero attached hydrogens (tertiary/aromatic N) is 1. The third kappa shape index (κ3) is 3.96. The van der Waals surface area contributed by atoms with Gasteiger partial charge in [-0.3, -0.25) is 4.90 Å². The minimum Gasteiger partial charge on any atom is -0.317 e. The molecule has 2 aliphatic rings. The monoisotopic (exact) mass is 252 g/mol. The lowest BCUT2D eigenvalue weighted by Gasteiger charge is -2.41. The van der Waals surface area contributed by atoms with Gasteiger partial charge >= 0.3 is 0 Å². The summed E-state index contributed by atoms with van der Waals surface area (Å²) in [5.74, 6) is 0.844. The molecule has 2 nitrogen and oxygen atoms in total. The summed E-state index contributed by atoms with van der Waals surface area (Å²) in [7, 11) is 0. The summed E-state index contributed by atoms with van der Waals surface area (Å²) in [6.07, 6.45) is 8.41. The Morgan fingerprint density at radius 3 is 2.39 bits per heavy atom. The number of rotatable bonds is 7. The zero-order valence-corrected chi connectivity index (χ0v) is 12.7. The molecule has 0 radical (unpaired) electrons. The molecule has 0 bridgehead atoms. The van der Waals surface area contributed by atoms with Crippen LogP contribution in [0.3, 0.4) is 0 Å². The van der Waals surface area contributed by atoms with E-state index in [1.807, 2.05) is 0 Å². The van der Waals surface area contributed by atoms with Crippen molar-refractivity contribution < 1.29 is 0 Å². The minimum atomic E-state index is 0.616. The molecule has 0 atom stereocenters. The average Bonchev–Trinajstić information content (AvgIpc) is 3.20. The molecule has 1 aliphatic heterocycles. The van der Waals surface area contributed by atoms with Crippen LogP contribution in [-0.4, -0.2) is 37.1 Å². The van der Waals surface area contributed by atoms with E-state index in [1.165, 1.54) is 64.7 Å². The van der Waals surface area contributed by atoms with Crippen molar-refractivity contribution in [3.05, 3.63) is 0 Å². The molecule has 2 rings (SSSR count). The van der Waals surface area contributed by atoms with Gasteiger partial charge in [0.05, 0.1) is 0 Å². The first-order valence-corrected chi connectivity index (χ1v) is 8.10. The fourth-order valence-electron chi connectivity index (χ4n) is 3.27. The summed E-state index contributed by atoms with van der Waals surface area (Å²) in [6, 6.07) is 0.932. The molecule has 2 fully saturated rings. The first-order chi connectivity index (χ1) is 8.65. The Hall–Kier alpha value is -0.0800. The molecule has 0 spiro atoms. The average molecular weight is 252 g/mol. The zero-order chi connectivity index (χ0) is 13.0. The van der Waals surface area contributed by atoms with Gasteiger partial charge in [0.15, 0.2) is 0 Å². The lowest BCUT2D eigenvalue weighted by atomic mass is 9.76. The SMILES string of the molecule is CCC1(CN(CCC(C)C)C2CC2)CCNCC1. The van der Waals surface area contributed by atoms with Gasteiger partial charge in [0.2, 0.25) is 0 Å². The first-order valence-electron chi connectivity index (χ1n) is 8.10. The molecule has 106 valence electrons. The zero-order valence-electron chi connectivity index (χ0n) is 12.7. The Kier molecular flexibility index (Phi) is 5.08. The number of hydrogen-bond donors (Lipinski definition) is 1. The van der Waals surface area contributed by atoms with Crippen LogP contribution >= 0.6 is 0 Å². The van der Waals surface area contributed by atoms with Crippen LogP contribution in [0.4, 0.5) is 0 Å². The largest absolute Gasteiger partial charge is 0.317 e. The number of hydrogen-bond acceptors (Lipinski definition) is 2. The molecule has 18 heavy (non-hydrogen) atoms. The minimum absolute atomic E-state index is 0.616. The Morgan fingerprint density at radius 2 is 1.89 bits per heavy atom. The van der Waals surface area contributed by atoms with Gasteiger partial charge in [-0.25, -0.2) is 0 Å². The van der Waals surface area contributed by atoms with Gasteiger partial charge in [-0.15, -0.1) is 0 Å². The van der Waals surface area contributed by atoms with Crippen molar-refractivity contribution in [3.8, 4) is 0 Å². The molecule has 1 aliphatic carbocycles. The van der Waals surface area contributed by atoms with E-state index >= 15 is 0 Å². The van der Waals surface area contributed by atoms with Crippen molar-refractivity contribution in [2.75, 3.05) is 26.2 Å². The van der Waals surface area contributed by atoms with Crippen molar-refractivity contribution in [2.24, 2.45) is 11.3 Å². The smallest absolute Gasteiger partial charge is 0.00966 e. The molecular formula is C16H32N2. The first kappa shape index (κ1) is 14.3. The second-order valence-corrected chi connectivity index (χ2v) is 6.99. The molecule has 1 saturated carbocycles. The molecule has 2 heteroatoms. The summed E-state index contributed by atoms with van der Waals surface area (Å²) in [4.78, 5) is 2.83. The van der Waals surface area contributed by atoms with Gasteiger partial charge in [0.25, 0.3) is 0 Å². The van der Waals surface area contributed by atoms with Crippen molar-refractivity contribution in [1.29, 1.82) is 0 Å². The molecule has 0 amide bonds. The Morgan fingerprint density at radius 1 is 1.22 bits per heavy atom. The van der Waals surface area contributed by atoms with Gasteiger partial charge in [-0.05, 0) is 69.5 Å². The maximum atomic E-state index is 3.52. The second-order valence-electron chi connectivity index (χ2n) is 6.99. The Balaban J connectivity index is 1.89. The molecule has 0 unspecified atom stereocenters. The van der Waals surface area contributed by atoms with Gasteiger partial charge in [0.1, 0.15) is 0 Å². The van der Waals surface area contributed by atoms with E-state index in [4.69, 9.17) is 0 Å². The van der Waals surface area contributed by atoms with Crippen LogP contribution in [-0.2, 0) is 0 Å². The van der Waals surface area contributed by atoms with Crippen LogP contribution in [0.5, 0.6) is 0 Å². The fraction of sp³-hybridized carbons (Fsp3) is 1.00. The molecule has 1 heterocycles. The van der Waals surface area contributed by atoms with E-state index in [-0.39, 0.29) is 0 Å². The molecule has 0 aromatic carbocycles. The standard InChI is InChI=1S/C16H32N2/c1-4-16(8-10-17-11-9-16)13-18(15-5-6-15)12-7-14(2)3/h14-15,17H,4-13H2,1-3H3. The highest BCUT2D eigenvalue weighted by atomic mass is 15.2. The molecule has 1 N–H and O–H groups in total. The van der Waals surface area contributed by atoms with Gasteiger partial charge in [-0.2, -0.15) is 0 Å². The Labute approximate surface area is 114 Å². The summed E-state index contributed by atoms with van der Waals surface area (Å²) in [6.45, 7) is 12.3. The quantitative estimate of drug-likeness (QED) is 0.748. The van der Waals surface area contributed by atoms with E-state index < -0.39 is 0 Å². The van der Waals surface area contributed by atoms with Crippen LogP contribution in [0, 0.1) is 11.3 Å². The van der Waals surface area contributed by atoms with E-state index in [0.717, 1.165) is 12.0 Å². The third-order valence-electron chi connectivity index (χ3n) is 5.01. The van der Waals surface area contributed by atoms with Crippen LogP contribution in [0.2, 0.25) is 0 Å². The van der Waals surface area contributed by atoms with Crippen molar-refractivity contribution in [2.45, 2.75) is 65.3 Å². The highest BCUT2D eigenvalue weighted by Gasteiger charge is 2.37. The summed E-state index contributed by atoms with van der Waals surface area (Å²) in [5.41, 5.74) is 0.616. The fourth-order valence-corrected chi connectivity index (χ4v) is 3.27. The number of nitrogens with one attached hydrogen (secondary N) is 1. The highest BCUT2D eigenvalue weighted by Crippen LogP contribution is 2.37. The van der Waals surface area contributed by atoms with Crippen molar-refractivity contribution in [3.63, 3.8) is 0 Å². The van der Waals surface area contributed by atoms with Crippen LogP contribution in [0.1, 0.15) is 59.3 Å². The summed E-state index contributed by atoms with van der Waals surface area (Å²) < 4.78 is 0.